The molecule has 0 saturated heterocycles. The Morgan fingerprint density at radius 1 is 1.54 bits per heavy atom. The Morgan fingerprint density at radius 2 is 2.38 bits per heavy atom. The molecule has 68 valence electrons. The van der Waals surface area contributed by atoms with E-state index in [1.54, 1.807) is 6.20 Å². The number of aromatic nitrogens is 4. The Balaban J connectivity index is 2.62. The summed E-state index contributed by atoms with van der Waals surface area (Å²) in [6, 6.07) is 0. The Morgan fingerprint density at radius 3 is 3.08 bits per heavy atom. The molecule has 0 aromatic carbocycles. The lowest BCUT2D eigenvalue weighted by atomic mass is 10.3. The van der Waals surface area contributed by atoms with Crippen LogP contribution >= 0.6 is 0 Å². The van der Waals surface area contributed by atoms with Crippen molar-refractivity contribution >= 4 is 11.0 Å². The van der Waals surface area contributed by atoms with Gasteiger partial charge < -0.3 is 4.98 Å². The number of nitrogens with one attached hydrogen (secondary N) is 2. The smallest absolute Gasteiger partial charge is 0.292 e. The first-order valence-corrected chi connectivity index (χ1v) is 4.23. The van der Waals surface area contributed by atoms with E-state index >= 15 is 0 Å². The van der Waals surface area contributed by atoms with Crippen molar-refractivity contribution in [1.29, 1.82) is 0 Å². The van der Waals surface area contributed by atoms with E-state index in [4.69, 9.17) is 0 Å². The predicted molar refractivity (Wildman–Crippen MR) is 48.5 cm³/mol. The molecule has 0 radical (unpaired) electrons. The fourth-order valence-corrected chi connectivity index (χ4v) is 1.27. The van der Waals surface area contributed by atoms with Gasteiger partial charge in [-0.2, -0.15) is 5.10 Å². The zero-order valence-electron chi connectivity index (χ0n) is 7.29. The molecule has 2 heterocycles. The van der Waals surface area contributed by atoms with Crippen LogP contribution in [0.2, 0.25) is 0 Å². The molecular formula is C8H10N4O. The van der Waals surface area contributed by atoms with Crippen molar-refractivity contribution in [2.45, 2.75) is 19.8 Å². The number of aromatic amines is 2. The molecule has 2 aromatic rings. The van der Waals surface area contributed by atoms with E-state index in [0.29, 0.717) is 11.0 Å². The number of aryl methyl sites for hydroxylation is 1. The maximum absolute atomic E-state index is 11.2. The van der Waals surface area contributed by atoms with Crippen molar-refractivity contribution in [3.05, 3.63) is 22.4 Å². The summed E-state index contributed by atoms with van der Waals surface area (Å²) < 4.78 is 0. The largest absolute Gasteiger partial charge is 0.340 e. The second-order valence-electron chi connectivity index (χ2n) is 2.89. The molecule has 0 atom stereocenters. The summed E-state index contributed by atoms with van der Waals surface area (Å²) in [7, 11) is 0. The standard InChI is InChI=1S/C8H10N4O/c1-2-3-6-10-5-4-9-12-8(13)7(5)11-6/h4H,2-3H2,1H3,(H,10,11)(H,12,13). The lowest BCUT2D eigenvalue weighted by Gasteiger charge is -1.86. The maximum atomic E-state index is 11.2. The summed E-state index contributed by atoms with van der Waals surface area (Å²) >= 11 is 0. The minimum Gasteiger partial charge on any atom is -0.340 e. The second-order valence-corrected chi connectivity index (χ2v) is 2.89. The van der Waals surface area contributed by atoms with E-state index in [2.05, 4.69) is 27.1 Å². The van der Waals surface area contributed by atoms with Gasteiger partial charge in [0.15, 0.2) is 5.52 Å². The second kappa shape index (κ2) is 3.01. The Labute approximate surface area is 74.2 Å². The average molecular weight is 178 g/mol. The highest BCUT2D eigenvalue weighted by molar-refractivity contribution is 5.72. The molecular weight excluding hydrogens is 168 g/mol. The third-order valence-electron chi connectivity index (χ3n) is 1.84. The summed E-state index contributed by atoms with van der Waals surface area (Å²) in [6.07, 6.45) is 3.43. The molecule has 0 aliphatic rings. The van der Waals surface area contributed by atoms with Crippen LogP contribution in [0, 0.1) is 0 Å². The van der Waals surface area contributed by atoms with E-state index < -0.39 is 0 Å². The van der Waals surface area contributed by atoms with E-state index in [1.165, 1.54) is 0 Å². The predicted octanol–water partition coefficient (Wildman–Crippen LogP) is 0.599. The molecule has 0 saturated carbocycles. The summed E-state index contributed by atoms with van der Waals surface area (Å²) in [6.45, 7) is 2.07. The van der Waals surface area contributed by atoms with Gasteiger partial charge in [-0.15, -0.1) is 0 Å². The quantitative estimate of drug-likeness (QED) is 0.707. The fourth-order valence-electron chi connectivity index (χ4n) is 1.27. The first-order valence-electron chi connectivity index (χ1n) is 4.23. The maximum Gasteiger partial charge on any atom is 0.292 e. The third-order valence-corrected chi connectivity index (χ3v) is 1.84. The Bertz CT molecular complexity index is 470. The number of imidazole rings is 1. The van der Waals surface area contributed by atoms with Crippen LogP contribution in [0.15, 0.2) is 11.0 Å². The van der Waals surface area contributed by atoms with Crippen LogP contribution in [-0.4, -0.2) is 20.2 Å². The Hall–Kier alpha value is -1.65. The van der Waals surface area contributed by atoms with E-state index in [0.717, 1.165) is 18.7 Å². The minimum atomic E-state index is -0.240. The monoisotopic (exact) mass is 178 g/mol. The molecule has 2 N–H and O–H groups in total. The van der Waals surface area contributed by atoms with E-state index in [1.807, 2.05) is 0 Å². The molecule has 0 aliphatic carbocycles. The molecule has 0 amide bonds. The number of hydrogen-bond donors (Lipinski definition) is 2. The molecule has 5 heteroatoms. The highest BCUT2D eigenvalue weighted by Crippen LogP contribution is 2.05. The van der Waals surface area contributed by atoms with Crippen molar-refractivity contribution in [2.24, 2.45) is 0 Å². The van der Waals surface area contributed by atoms with E-state index in [-0.39, 0.29) is 5.56 Å². The lowest BCUT2D eigenvalue weighted by Crippen LogP contribution is -2.07. The van der Waals surface area contributed by atoms with Crippen LogP contribution < -0.4 is 5.56 Å². The summed E-state index contributed by atoms with van der Waals surface area (Å²) in [5.74, 6) is 0.844. The first-order chi connectivity index (χ1) is 6.31. The fraction of sp³-hybridized carbons (Fsp3) is 0.375. The molecule has 0 bridgehead atoms. The molecule has 0 fully saturated rings. The first kappa shape index (κ1) is 7.97. The van der Waals surface area contributed by atoms with Crippen LogP contribution in [-0.2, 0) is 6.42 Å². The van der Waals surface area contributed by atoms with Crippen LogP contribution in [0.25, 0.3) is 11.0 Å². The van der Waals surface area contributed by atoms with Crippen molar-refractivity contribution in [3.8, 4) is 0 Å². The summed E-state index contributed by atoms with van der Waals surface area (Å²) in [4.78, 5) is 18.4. The number of H-pyrrole nitrogens is 2. The van der Waals surface area contributed by atoms with Crippen molar-refractivity contribution in [2.75, 3.05) is 0 Å². The van der Waals surface area contributed by atoms with Gasteiger partial charge in [0.2, 0.25) is 0 Å². The third kappa shape index (κ3) is 1.32. The molecule has 5 nitrogen and oxygen atoms in total. The summed E-state index contributed by atoms with van der Waals surface area (Å²) in [5.41, 5.74) is 0.904. The molecule has 13 heavy (non-hydrogen) atoms. The number of rotatable bonds is 2. The van der Waals surface area contributed by atoms with Crippen LogP contribution in [0.1, 0.15) is 19.2 Å². The number of fused-ring (bicyclic) bond motifs is 1. The molecule has 0 spiro atoms. The summed E-state index contributed by atoms with van der Waals surface area (Å²) in [5, 5.41) is 6.02. The van der Waals surface area contributed by atoms with E-state index in [9.17, 15) is 4.79 Å². The average Bonchev–Trinajstić information content (AvgIpc) is 2.49. The van der Waals surface area contributed by atoms with Crippen molar-refractivity contribution in [3.63, 3.8) is 0 Å². The molecule has 2 aromatic heterocycles. The minimum absolute atomic E-state index is 0.240. The zero-order chi connectivity index (χ0) is 9.26. The van der Waals surface area contributed by atoms with Gasteiger partial charge in [-0.05, 0) is 6.42 Å². The van der Waals surface area contributed by atoms with Gasteiger partial charge in [-0.25, -0.2) is 10.1 Å². The van der Waals surface area contributed by atoms with Gasteiger partial charge in [0.05, 0.1) is 11.7 Å². The molecule has 0 aliphatic heterocycles. The van der Waals surface area contributed by atoms with Gasteiger partial charge in [0.25, 0.3) is 5.56 Å². The number of nitrogens with zero attached hydrogens (tertiary/aromatic N) is 2. The van der Waals surface area contributed by atoms with Gasteiger partial charge in [0.1, 0.15) is 5.82 Å². The van der Waals surface area contributed by atoms with Gasteiger partial charge >= 0.3 is 0 Å². The molecule has 0 unspecified atom stereocenters. The lowest BCUT2D eigenvalue weighted by molar-refractivity contribution is 0.861. The normalized spacial score (nSPS) is 10.8. The highest BCUT2D eigenvalue weighted by Gasteiger charge is 2.04. The van der Waals surface area contributed by atoms with Crippen LogP contribution in [0.4, 0.5) is 0 Å². The zero-order valence-corrected chi connectivity index (χ0v) is 7.29. The SMILES string of the molecule is CCCc1nc2c(=O)[nH]ncc2[nH]1. The van der Waals surface area contributed by atoms with Crippen LogP contribution in [0.5, 0.6) is 0 Å². The van der Waals surface area contributed by atoms with Gasteiger partial charge in [-0.3, -0.25) is 4.79 Å². The van der Waals surface area contributed by atoms with Crippen molar-refractivity contribution < 1.29 is 0 Å². The highest BCUT2D eigenvalue weighted by atomic mass is 16.1. The Kier molecular flexibility index (Phi) is 1.84. The van der Waals surface area contributed by atoms with Crippen LogP contribution in [0.3, 0.4) is 0 Å². The topological polar surface area (TPSA) is 74.4 Å². The van der Waals surface area contributed by atoms with Crippen molar-refractivity contribution in [1.82, 2.24) is 20.2 Å². The molecule has 2 rings (SSSR count). The van der Waals surface area contributed by atoms with Gasteiger partial charge in [-0.1, -0.05) is 6.92 Å². The number of hydrogen-bond acceptors (Lipinski definition) is 3. The van der Waals surface area contributed by atoms with Gasteiger partial charge in [0, 0.05) is 6.42 Å².